The van der Waals surface area contributed by atoms with Crippen molar-refractivity contribution in [1.82, 2.24) is 19.6 Å². The van der Waals surface area contributed by atoms with E-state index in [2.05, 4.69) is 20.3 Å². The van der Waals surface area contributed by atoms with E-state index in [0.29, 0.717) is 52.5 Å². The minimum atomic E-state index is -0.696. The molecular weight excluding hydrogens is 517 g/mol. The van der Waals surface area contributed by atoms with Crippen LogP contribution in [0.3, 0.4) is 0 Å². The summed E-state index contributed by atoms with van der Waals surface area (Å²) in [5.41, 5.74) is 7.31. The highest BCUT2D eigenvalue weighted by molar-refractivity contribution is 6.43. The molecule has 2 saturated heterocycles. The molecule has 0 radical (unpaired) electrons. The zero-order valence-electron chi connectivity index (χ0n) is 21.3. The van der Waals surface area contributed by atoms with Gasteiger partial charge in [0, 0.05) is 30.1 Å². The van der Waals surface area contributed by atoms with Crippen LogP contribution in [0.5, 0.6) is 0 Å². The summed E-state index contributed by atoms with van der Waals surface area (Å²) >= 11 is 12.9. The Balaban J connectivity index is 1.58. The number of hydrogen-bond donors (Lipinski definition) is 2. The monoisotopic (exact) mass is 547 g/mol. The van der Waals surface area contributed by atoms with Gasteiger partial charge in [0.2, 0.25) is 0 Å². The standard InChI is InChI=1S/C25H31Cl2N7O3/c1-14-19(28)25(12-36-14)8-10-33(11-9-25)22-21-29-13-30-34(21)18(15-6-5-7-16(26)17(15)27)20(31-22)32-23(35)37-24(2,3)4/h5-7,13-14,19H,8-12,28H2,1-4H3,(H,32,35)/t14-,19+/m0/s1. The number of benzene rings is 1. The SMILES string of the molecule is C[C@@H]1OCC2(CCN(c3nc(NC(=O)OC(C)(C)C)c(-c4cccc(Cl)c4Cl)n4ncnc34)CC2)[C@@H]1N. The van der Waals surface area contributed by atoms with Gasteiger partial charge in [0.05, 0.1) is 22.8 Å². The molecule has 5 rings (SSSR count). The second-order valence-electron chi connectivity index (χ2n) is 10.7. The Morgan fingerprint density at radius 3 is 2.65 bits per heavy atom. The third kappa shape index (κ3) is 4.83. The van der Waals surface area contributed by atoms with Gasteiger partial charge in [0.15, 0.2) is 17.3 Å². The number of aromatic nitrogens is 4. The van der Waals surface area contributed by atoms with E-state index in [1.54, 1.807) is 43.5 Å². The van der Waals surface area contributed by atoms with Crippen molar-refractivity contribution in [3.63, 3.8) is 0 Å². The molecule has 3 aromatic rings. The zero-order valence-corrected chi connectivity index (χ0v) is 22.8. The normalized spacial score (nSPS) is 21.5. The lowest BCUT2D eigenvalue weighted by molar-refractivity contribution is 0.0635. The highest BCUT2D eigenvalue weighted by Gasteiger charge is 2.48. The van der Waals surface area contributed by atoms with Crippen LogP contribution in [0.15, 0.2) is 24.5 Å². The van der Waals surface area contributed by atoms with Crippen molar-refractivity contribution < 1.29 is 14.3 Å². The van der Waals surface area contributed by atoms with E-state index in [4.69, 9.17) is 43.4 Å². The van der Waals surface area contributed by atoms with E-state index in [1.165, 1.54) is 6.33 Å². The fraction of sp³-hybridized carbons (Fsp3) is 0.520. The van der Waals surface area contributed by atoms with Crippen molar-refractivity contribution in [3.05, 3.63) is 34.6 Å². The van der Waals surface area contributed by atoms with Gasteiger partial charge in [-0.2, -0.15) is 5.10 Å². The molecule has 2 aromatic heterocycles. The van der Waals surface area contributed by atoms with E-state index in [0.717, 1.165) is 12.8 Å². The molecule has 1 amide bonds. The second kappa shape index (κ2) is 9.58. The maximum Gasteiger partial charge on any atom is 0.413 e. The number of ether oxygens (including phenoxy) is 2. The van der Waals surface area contributed by atoms with Crippen molar-refractivity contribution in [2.75, 3.05) is 29.9 Å². The van der Waals surface area contributed by atoms with Crippen LogP contribution in [0, 0.1) is 5.41 Å². The van der Waals surface area contributed by atoms with E-state index in [9.17, 15) is 4.79 Å². The average molecular weight is 548 g/mol. The number of nitrogens with zero attached hydrogens (tertiary/aromatic N) is 5. The predicted octanol–water partition coefficient (Wildman–Crippen LogP) is 4.78. The largest absolute Gasteiger partial charge is 0.444 e. The number of fused-ring (bicyclic) bond motifs is 1. The molecule has 0 bridgehead atoms. The molecule has 2 aliphatic heterocycles. The van der Waals surface area contributed by atoms with Crippen LogP contribution in [0.4, 0.5) is 16.4 Å². The molecule has 0 unspecified atom stereocenters. The van der Waals surface area contributed by atoms with Gasteiger partial charge in [-0.05, 0) is 46.6 Å². The van der Waals surface area contributed by atoms with E-state index in [1.807, 2.05) is 6.92 Å². The molecular formula is C25H31Cl2N7O3. The number of halogens is 2. The first-order valence-corrected chi connectivity index (χ1v) is 13.0. The molecule has 2 atom stereocenters. The average Bonchev–Trinajstić information content (AvgIpc) is 3.42. The smallest absolute Gasteiger partial charge is 0.413 e. The molecule has 3 N–H and O–H groups in total. The number of carbonyl (C=O) groups is 1. The predicted molar refractivity (Wildman–Crippen MR) is 143 cm³/mol. The van der Waals surface area contributed by atoms with Gasteiger partial charge >= 0.3 is 6.09 Å². The van der Waals surface area contributed by atoms with Crippen LogP contribution in [0.25, 0.3) is 16.9 Å². The summed E-state index contributed by atoms with van der Waals surface area (Å²) in [5, 5.41) is 7.95. The zero-order chi connectivity index (χ0) is 26.5. The molecule has 1 aromatic carbocycles. The van der Waals surface area contributed by atoms with Crippen LogP contribution >= 0.6 is 23.2 Å². The summed E-state index contributed by atoms with van der Waals surface area (Å²) in [6.45, 7) is 9.49. The minimum absolute atomic E-state index is 0.00698. The van der Waals surface area contributed by atoms with Gasteiger partial charge < -0.3 is 20.1 Å². The second-order valence-corrected chi connectivity index (χ2v) is 11.5. The summed E-state index contributed by atoms with van der Waals surface area (Å²) in [6, 6.07) is 5.25. The number of piperidine rings is 1. The van der Waals surface area contributed by atoms with Gasteiger partial charge in [-0.25, -0.2) is 19.3 Å². The number of nitrogens with two attached hydrogens (primary N) is 1. The molecule has 10 nitrogen and oxygen atoms in total. The van der Waals surface area contributed by atoms with E-state index in [-0.39, 0.29) is 23.4 Å². The number of rotatable bonds is 3. The van der Waals surface area contributed by atoms with Gasteiger partial charge in [-0.3, -0.25) is 5.32 Å². The van der Waals surface area contributed by atoms with Crippen molar-refractivity contribution in [1.29, 1.82) is 0 Å². The van der Waals surface area contributed by atoms with E-state index < -0.39 is 11.7 Å². The van der Waals surface area contributed by atoms with Crippen LogP contribution in [0.1, 0.15) is 40.5 Å². The van der Waals surface area contributed by atoms with Crippen LogP contribution < -0.4 is 16.0 Å². The molecule has 37 heavy (non-hydrogen) atoms. The number of hydrogen-bond acceptors (Lipinski definition) is 8. The molecule has 2 fully saturated rings. The highest BCUT2D eigenvalue weighted by Crippen LogP contribution is 2.43. The fourth-order valence-electron chi connectivity index (χ4n) is 5.13. The topological polar surface area (TPSA) is 120 Å². The quantitative estimate of drug-likeness (QED) is 0.480. The first kappa shape index (κ1) is 26.0. The Morgan fingerprint density at radius 2 is 2.00 bits per heavy atom. The van der Waals surface area contributed by atoms with Crippen molar-refractivity contribution >= 4 is 46.6 Å². The van der Waals surface area contributed by atoms with Crippen LogP contribution in [-0.4, -0.2) is 63.1 Å². The Kier molecular flexibility index (Phi) is 6.72. The minimum Gasteiger partial charge on any atom is -0.444 e. The Bertz CT molecular complexity index is 1330. The van der Waals surface area contributed by atoms with Gasteiger partial charge in [-0.1, -0.05) is 35.3 Å². The highest BCUT2D eigenvalue weighted by atomic mass is 35.5. The summed E-state index contributed by atoms with van der Waals surface area (Å²) in [6.07, 6.45) is 2.56. The lowest BCUT2D eigenvalue weighted by atomic mass is 9.73. The maximum atomic E-state index is 12.8. The fourth-order valence-corrected chi connectivity index (χ4v) is 5.52. The molecule has 4 heterocycles. The van der Waals surface area contributed by atoms with Crippen molar-refractivity contribution in [2.24, 2.45) is 11.1 Å². The molecule has 0 saturated carbocycles. The summed E-state index contributed by atoms with van der Waals surface area (Å²) in [5.74, 6) is 0.835. The third-order valence-electron chi connectivity index (χ3n) is 7.13. The van der Waals surface area contributed by atoms with Gasteiger partial charge in [-0.15, -0.1) is 0 Å². The van der Waals surface area contributed by atoms with Gasteiger partial charge in [0.1, 0.15) is 17.6 Å². The number of anilines is 2. The van der Waals surface area contributed by atoms with Crippen molar-refractivity contribution in [2.45, 2.75) is 58.3 Å². The third-order valence-corrected chi connectivity index (χ3v) is 7.95. The Hall–Kier alpha value is -2.66. The molecule has 198 valence electrons. The van der Waals surface area contributed by atoms with Crippen LogP contribution in [-0.2, 0) is 9.47 Å². The van der Waals surface area contributed by atoms with Crippen molar-refractivity contribution in [3.8, 4) is 11.3 Å². The summed E-state index contributed by atoms with van der Waals surface area (Å²) < 4.78 is 13.0. The summed E-state index contributed by atoms with van der Waals surface area (Å²) in [7, 11) is 0. The number of nitrogens with one attached hydrogen (secondary N) is 1. The maximum absolute atomic E-state index is 12.8. The Morgan fingerprint density at radius 1 is 1.27 bits per heavy atom. The summed E-state index contributed by atoms with van der Waals surface area (Å²) in [4.78, 5) is 24.4. The molecule has 12 heteroatoms. The molecule has 2 aliphatic rings. The first-order valence-electron chi connectivity index (χ1n) is 12.3. The number of amides is 1. The lowest BCUT2D eigenvalue weighted by Crippen LogP contribution is -2.50. The van der Waals surface area contributed by atoms with Gasteiger partial charge in [0.25, 0.3) is 0 Å². The Labute approximate surface area is 225 Å². The molecule has 0 aliphatic carbocycles. The molecule has 1 spiro atoms. The number of carbonyl (C=O) groups excluding carboxylic acids is 1. The first-order chi connectivity index (χ1) is 17.5. The van der Waals surface area contributed by atoms with E-state index >= 15 is 0 Å². The van der Waals surface area contributed by atoms with Crippen LogP contribution in [0.2, 0.25) is 10.0 Å². The lowest BCUT2D eigenvalue weighted by Gasteiger charge is -2.41.